The zero-order chi connectivity index (χ0) is 17.3. The van der Waals surface area contributed by atoms with Crippen LogP contribution in [0.4, 0.5) is 5.69 Å². The fourth-order valence-electron chi connectivity index (χ4n) is 2.63. The van der Waals surface area contributed by atoms with E-state index in [0.717, 1.165) is 10.4 Å². The van der Waals surface area contributed by atoms with Crippen molar-refractivity contribution in [1.29, 1.82) is 0 Å². The number of anilines is 1. The summed E-state index contributed by atoms with van der Waals surface area (Å²) in [5.74, 6) is -1.22. The Bertz CT molecular complexity index is 910. The van der Waals surface area contributed by atoms with Gasteiger partial charge >= 0.3 is 0 Å². The fourth-order valence-corrected chi connectivity index (χ4v) is 3.40. The highest BCUT2D eigenvalue weighted by molar-refractivity contribution is 7.13. The number of ketones is 1. The number of para-hydroxylation sites is 1. The first-order valence-corrected chi connectivity index (χ1v) is 8.35. The van der Waals surface area contributed by atoms with Crippen LogP contribution in [0.5, 0.6) is 0 Å². The van der Waals surface area contributed by atoms with Crippen LogP contribution in [0.2, 0.25) is 0 Å². The molecule has 2 aromatic heterocycles. The maximum absolute atomic E-state index is 12.5. The molecule has 0 saturated heterocycles. The fraction of sp³-hybridized carbons (Fsp3) is 0.167. The number of hydrogen-bond donors (Lipinski definition) is 1. The molecule has 0 aliphatic heterocycles. The second-order valence-corrected chi connectivity index (χ2v) is 6.42. The zero-order valence-corrected chi connectivity index (χ0v) is 14.5. The van der Waals surface area contributed by atoms with Gasteiger partial charge in [0, 0.05) is 28.9 Å². The number of Topliss-reactive ketones (excluding diaryl/α,β-unsaturated/α-hetero) is 1. The van der Waals surface area contributed by atoms with Crippen LogP contribution in [-0.4, -0.2) is 21.5 Å². The number of benzene rings is 1. The minimum Gasteiger partial charge on any atom is -0.319 e. The molecule has 1 amide bonds. The Morgan fingerprint density at radius 2 is 1.88 bits per heavy atom. The van der Waals surface area contributed by atoms with E-state index in [9.17, 15) is 9.59 Å². The predicted octanol–water partition coefficient (Wildman–Crippen LogP) is 3.59. The highest BCUT2D eigenvalue weighted by Gasteiger charge is 2.24. The van der Waals surface area contributed by atoms with Crippen LogP contribution in [0.1, 0.15) is 21.7 Å². The molecule has 122 valence electrons. The van der Waals surface area contributed by atoms with E-state index in [2.05, 4.69) is 10.4 Å². The molecule has 2 heterocycles. The summed E-state index contributed by atoms with van der Waals surface area (Å²) < 4.78 is 1.61. The second-order valence-electron chi connectivity index (χ2n) is 5.48. The van der Waals surface area contributed by atoms with E-state index in [4.69, 9.17) is 0 Å². The van der Waals surface area contributed by atoms with Crippen molar-refractivity contribution in [3.8, 4) is 10.4 Å². The number of aromatic nitrogens is 2. The zero-order valence-electron chi connectivity index (χ0n) is 13.7. The summed E-state index contributed by atoms with van der Waals surface area (Å²) in [5.41, 5.74) is 3.12. The van der Waals surface area contributed by atoms with Gasteiger partial charge in [-0.2, -0.15) is 5.10 Å². The summed E-state index contributed by atoms with van der Waals surface area (Å²) >= 11 is 1.58. The van der Waals surface area contributed by atoms with Gasteiger partial charge in [-0.15, -0.1) is 11.3 Å². The molecule has 3 aromatic rings. The van der Waals surface area contributed by atoms with Crippen LogP contribution in [0.3, 0.4) is 0 Å². The van der Waals surface area contributed by atoms with Gasteiger partial charge in [-0.05, 0) is 31.4 Å². The highest BCUT2D eigenvalue weighted by Crippen LogP contribution is 2.31. The van der Waals surface area contributed by atoms with Crippen molar-refractivity contribution in [3.63, 3.8) is 0 Å². The first-order chi connectivity index (χ1) is 11.5. The van der Waals surface area contributed by atoms with E-state index in [-0.39, 0.29) is 0 Å². The largest absolute Gasteiger partial charge is 0.319 e. The van der Waals surface area contributed by atoms with Gasteiger partial charge in [0.05, 0.1) is 11.3 Å². The molecule has 0 unspecified atom stereocenters. The normalized spacial score (nSPS) is 10.6. The van der Waals surface area contributed by atoms with E-state index >= 15 is 0 Å². The monoisotopic (exact) mass is 339 g/mol. The molecule has 6 heteroatoms. The van der Waals surface area contributed by atoms with Gasteiger partial charge in [0.15, 0.2) is 0 Å². The molecule has 0 saturated carbocycles. The van der Waals surface area contributed by atoms with Gasteiger partial charge < -0.3 is 5.32 Å². The molecule has 24 heavy (non-hydrogen) atoms. The van der Waals surface area contributed by atoms with Gasteiger partial charge in [-0.1, -0.05) is 24.3 Å². The van der Waals surface area contributed by atoms with E-state index in [1.807, 2.05) is 35.7 Å². The molecule has 0 radical (unpaired) electrons. The molecule has 0 aliphatic carbocycles. The Kier molecular flexibility index (Phi) is 4.31. The molecule has 0 spiro atoms. The molecule has 0 aliphatic rings. The van der Waals surface area contributed by atoms with Crippen molar-refractivity contribution in [3.05, 3.63) is 58.7 Å². The van der Waals surface area contributed by atoms with Crippen molar-refractivity contribution in [2.24, 2.45) is 7.05 Å². The summed E-state index contributed by atoms with van der Waals surface area (Å²) in [6.07, 6.45) is 0. The maximum Gasteiger partial charge on any atom is 0.296 e. The molecule has 5 nitrogen and oxygen atoms in total. The van der Waals surface area contributed by atoms with Crippen molar-refractivity contribution in [1.82, 2.24) is 9.78 Å². The Balaban J connectivity index is 1.90. The summed E-state index contributed by atoms with van der Waals surface area (Å²) in [4.78, 5) is 26.0. The minimum atomic E-state index is -0.654. The molecule has 1 N–H and O–H groups in total. The van der Waals surface area contributed by atoms with Gasteiger partial charge in [-0.25, -0.2) is 0 Å². The second kappa shape index (κ2) is 6.41. The Morgan fingerprint density at radius 1 is 1.12 bits per heavy atom. The maximum atomic E-state index is 12.5. The topological polar surface area (TPSA) is 64.0 Å². The SMILES string of the molecule is Cc1nn(C)c(C)c1C(=O)C(=O)Nc1ccccc1-c1cccs1. The Morgan fingerprint density at radius 3 is 2.50 bits per heavy atom. The number of thiophene rings is 1. The summed E-state index contributed by atoms with van der Waals surface area (Å²) in [6.45, 7) is 3.51. The van der Waals surface area contributed by atoms with Gasteiger partial charge in [0.2, 0.25) is 0 Å². The number of nitrogens with zero attached hydrogens (tertiary/aromatic N) is 2. The molecule has 0 fully saturated rings. The number of hydrogen-bond acceptors (Lipinski definition) is 4. The first-order valence-electron chi connectivity index (χ1n) is 7.48. The van der Waals surface area contributed by atoms with E-state index in [1.54, 1.807) is 43.0 Å². The first kappa shape index (κ1) is 16.1. The van der Waals surface area contributed by atoms with Crippen molar-refractivity contribution in [2.45, 2.75) is 13.8 Å². The number of carbonyl (C=O) groups excluding carboxylic acids is 2. The average Bonchev–Trinajstić information content (AvgIpc) is 3.17. The van der Waals surface area contributed by atoms with Gasteiger partial charge in [0.25, 0.3) is 11.7 Å². The van der Waals surface area contributed by atoms with Crippen LogP contribution in [0, 0.1) is 13.8 Å². The molecular formula is C18H17N3O2S. The summed E-state index contributed by atoms with van der Waals surface area (Å²) in [6, 6.07) is 11.4. The molecule has 0 bridgehead atoms. The third-order valence-corrected chi connectivity index (χ3v) is 4.81. The van der Waals surface area contributed by atoms with Crippen LogP contribution < -0.4 is 5.32 Å². The van der Waals surface area contributed by atoms with Crippen LogP contribution in [-0.2, 0) is 11.8 Å². The quantitative estimate of drug-likeness (QED) is 0.583. The predicted molar refractivity (Wildman–Crippen MR) is 95.4 cm³/mol. The highest BCUT2D eigenvalue weighted by atomic mass is 32.1. The lowest BCUT2D eigenvalue weighted by Gasteiger charge is -2.09. The van der Waals surface area contributed by atoms with Crippen molar-refractivity contribution < 1.29 is 9.59 Å². The Labute approximate surface area is 143 Å². The van der Waals surface area contributed by atoms with Crippen LogP contribution in [0.25, 0.3) is 10.4 Å². The number of rotatable bonds is 4. The third-order valence-electron chi connectivity index (χ3n) is 3.90. The number of amides is 1. The lowest BCUT2D eigenvalue weighted by molar-refractivity contribution is -0.112. The molecular weight excluding hydrogens is 322 g/mol. The number of nitrogens with one attached hydrogen (secondary N) is 1. The summed E-state index contributed by atoms with van der Waals surface area (Å²) in [7, 11) is 1.75. The minimum absolute atomic E-state index is 0.364. The smallest absolute Gasteiger partial charge is 0.296 e. The third kappa shape index (κ3) is 2.88. The molecule has 3 rings (SSSR count). The van der Waals surface area contributed by atoms with Gasteiger partial charge in [-0.3, -0.25) is 14.3 Å². The van der Waals surface area contributed by atoms with Crippen LogP contribution >= 0.6 is 11.3 Å². The van der Waals surface area contributed by atoms with Crippen molar-refractivity contribution >= 4 is 28.7 Å². The van der Waals surface area contributed by atoms with E-state index in [1.165, 1.54) is 0 Å². The molecule has 0 atom stereocenters. The molecule has 1 aromatic carbocycles. The number of aryl methyl sites for hydroxylation is 2. The number of carbonyl (C=O) groups is 2. The van der Waals surface area contributed by atoms with E-state index in [0.29, 0.717) is 22.6 Å². The average molecular weight is 339 g/mol. The summed E-state index contributed by atoms with van der Waals surface area (Å²) in [5, 5.41) is 8.91. The van der Waals surface area contributed by atoms with Crippen molar-refractivity contribution in [2.75, 3.05) is 5.32 Å². The lowest BCUT2D eigenvalue weighted by atomic mass is 10.1. The lowest BCUT2D eigenvalue weighted by Crippen LogP contribution is -2.24. The van der Waals surface area contributed by atoms with Gasteiger partial charge in [0.1, 0.15) is 0 Å². The van der Waals surface area contributed by atoms with E-state index < -0.39 is 11.7 Å². The standard InChI is InChI=1S/C18H17N3O2S/c1-11-16(12(2)21(3)20-11)17(22)18(23)19-14-8-5-4-7-13(14)15-9-6-10-24-15/h4-10H,1-3H3,(H,19,23). The Hall–Kier alpha value is -2.73. The van der Waals surface area contributed by atoms with Crippen LogP contribution in [0.15, 0.2) is 41.8 Å².